The number of carbonyl (C=O) groups is 1. The van der Waals surface area contributed by atoms with E-state index >= 15 is 0 Å². The number of aryl methyl sites for hydroxylation is 1. The summed E-state index contributed by atoms with van der Waals surface area (Å²) in [6.07, 6.45) is 1.33. The Balaban J connectivity index is 0. The van der Waals surface area contributed by atoms with Crippen LogP contribution in [0.25, 0.3) is 0 Å². The van der Waals surface area contributed by atoms with E-state index in [-0.39, 0.29) is 0 Å². The molecule has 0 saturated heterocycles. The maximum Gasteiger partial charge on any atom is 0.419 e. The minimum absolute atomic E-state index is 0.404. The maximum atomic E-state index is 12.3. The summed E-state index contributed by atoms with van der Waals surface area (Å²) in [5.74, 6) is 0.618. The number of ether oxygens (including phenoxy) is 1. The quantitative estimate of drug-likeness (QED) is 0.467. The van der Waals surface area contributed by atoms with Crippen molar-refractivity contribution >= 4 is 16.4 Å². The summed E-state index contributed by atoms with van der Waals surface area (Å²) in [7, 11) is -1.26. The van der Waals surface area contributed by atoms with Crippen molar-refractivity contribution in [2.75, 3.05) is 0 Å². The minimum Gasteiger partial charge on any atom is -0.443 e. The molecule has 0 unspecified atom stereocenters. The van der Waals surface area contributed by atoms with Crippen LogP contribution in [0.15, 0.2) is 6.20 Å². The second-order valence-electron chi connectivity index (χ2n) is 8.24. The second-order valence-corrected chi connectivity index (χ2v) is 12.7. The zero-order valence-electron chi connectivity index (χ0n) is 21.5. The molecule has 0 saturated carbocycles. The second kappa shape index (κ2) is 13.3. The largest absolute Gasteiger partial charge is 0.443 e. The summed E-state index contributed by atoms with van der Waals surface area (Å²) in [4.78, 5) is 16.8. The smallest absolute Gasteiger partial charge is 0.419 e. The third-order valence-corrected chi connectivity index (χ3v) is 9.09. The first-order valence-electron chi connectivity index (χ1n) is 11.0. The molecule has 29 heavy (non-hydrogen) atoms. The van der Waals surface area contributed by atoms with Crippen molar-refractivity contribution in [1.82, 2.24) is 9.55 Å². The molecule has 0 aliphatic carbocycles. The fourth-order valence-electron chi connectivity index (χ4n) is 3.30. The Bertz CT molecular complexity index is 566. The van der Waals surface area contributed by atoms with Crippen LogP contribution in [0.3, 0.4) is 0 Å². The fourth-order valence-corrected chi connectivity index (χ4v) is 7.71. The third kappa shape index (κ3) is 8.71. The standard InChI is InChI=1S/C19H36N2O3S.2C2H6/c1-13(2)25(14(3)4,15(5)6)23-12-17-11-21(16(7)20-17)18(22)24-19(8,9)10;2*1-2/h11,13-15H,12H2,1-10H3;2*1-2H3. The summed E-state index contributed by atoms with van der Waals surface area (Å²) < 4.78 is 13.4. The van der Waals surface area contributed by atoms with Gasteiger partial charge in [0.2, 0.25) is 0 Å². The van der Waals surface area contributed by atoms with Gasteiger partial charge in [-0.1, -0.05) is 69.2 Å². The van der Waals surface area contributed by atoms with Crippen molar-refractivity contribution in [3.8, 4) is 0 Å². The number of aromatic nitrogens is 2. The Morgan fingerprint density at radius 3 is 1.76 bits per heavy atom. The molecular formula is C23H48N2O3S. The number of hydrogen-bond donors (Lipinski definition) is 0. The first-order valence-corrected chi connectivity index (χ1v) is 12.8. The van der Waals surface area contributed by atoms with E-state index in [0.717, 1.165) is 5.69 Å². The number of nitrogens with zero attached hydrogens (tertiary/aromatic N) is 2. The van der Waals surface area contributed by atoms with Crippen molar-refractivity contribution in [1.29, 1.82) is 0 Å². The van der Waals surface area contributed by atoms with Gasteiger partial charge in [-0.15, -0.1) is 10.3 Å². The fraction of sp³-hybridized carbons (Fsp3) is 0.826. The Labute approximate surface area is 182 Å². The molecule has 174 valence electrons. The monoisotopic (exact) mass is 432 g/mol. The molecule has 0 bridgehead atoms. The van der Waals surface area contributed by atoms with Gasteiger partial charge in [-0.25, -0.2) is 14.3 Å². The number of rotatable bonds is 6. The molecule has 0 atom stereocenters. The Kier molecular flexibility index (Phi) is 13.9. The molecule has 0 aromatic carbocycles. The van der Waals surface area contributed by atoms with Crippen LogP contribution in [0.2, 0.25) is 0 Å². The molecule has 0 aliphatic rings. The average Bonchev–Trinajstić information content (AvgIpc) is 2.97. The topological polar surface area (TPSA) is 53.4 Å². The highest BCUT2D eigenvalue weighted by molar-refractivity contribution is 8.31. The summed E-state index contributed by atoms with van der Waals surface area (Å²) in [6.45, 7) is 29.2. The van der Waals surface area contributed by atoms with Crippen LogP contribution in [-0.4, -0.2) is 37.0 Å². The predicted octanol–water partition coefficient (Wildman–Crippen LogP) is 7.49. The van der Waals surface area contributed by atoms with Crippen LogP contribution in [0.4, 0.5) is 4.79 Å². The van der Waals surface area contributed by atoms with Gasteiger partial charge >= 0.3 is 6.09 Å². The lowest BCUT2D eigenvalue weighted by molar-refractivity contribution is 0.0533. The van der Waals surface area contributed by atoms with Gasteiger partial charge in [0, 0.05) is 21.9 Å². The van der Waals surface area contributed by atoms with Crippen molar-refractivity contribution in [3.05, 3.63) is 17.7 Å². The summed E-state index contributed by atoms with van der Waals surface area (Å²) >= 11 is 0. The molecule has 1 aromatic heterocycles. The zero-order chi connectivity index (χ0) is 23.6. The van der Waals surface area contributed by atoms with Gasteiger partial charge in [-0.2, -0.15) is 0 Å². The lowest BCUT2D eigenvalue weighted by Gasteiger charge is -2.50. The van der Waals surface area contributed by atoms with Crippen LogP contribution in [-0.2, 0) is 15.5 Å². The van der Waals surface area contributed by atoms with Gasteiger partial charge in [0.15, 0.2) is 0 Å². The molecule has 0 amide bonds. The van der Waals surface area contributed by atoms with Crippen molar-refractivity contribution < 1.29 is 13.7 Å². The van der Waals surface area contributed by atoms with E-state index in [0.29, 0.717) is 28.2 Å². The summed E-state index contributed by atoms with van der Waals surface area (Å²) in [5, 5.41) is 1.38. The first-order chi connectivity index (χ1) is 13.3. The maximum absolute atomic E-state index is 12.3. The zero-order valence-corrected chi connectivity index (χ0v) is 22.4. The molecule has 1 rings (SSSR count). The lowest BCUT2D eigenvalue weighted by atomic mass is 10.2. The molecular weight excluding hydrogens is 384 g/mol. The third-order valence-electron chi connectivity index (χ3n) is 4.14. The van der Waals surface area contributed by atoms with E-state index in [1.807, 2.05) is 48.5 Å². The molecule has 0 fully saturated rings. The predicted molar refractivity (Wildman–Crippen MR) is 129 cm³/mol. The highest BCUT2D eigenvalue weighted by atomic mass is 32.3. The summed E-state index contributed by atoms with van der Waals surface area (Å²) in [6, 6.07) is 0. The molecule has 5 nitrogen and oxygen atoms in total. The molecule has 0 aliphatic heterocycles. The van der Waals surface area contributed by atoms with Crippen molar-refractivity contribution in [2.45, 2.75) is 125 Å². The molecule has 1 aromatic rings. The van der Waals surface area contributed by atoms with Crippen LogP contribution in [0.5, 0.6) is 0 Å². The molecule has 1 heterocycles. The normalized spacial score (nSPS) is 12.3. The first kappa shape index (κ1) is 30.2. The highest BCUT2D eigenvalue weighted by Crippen LogP contribution is 2.61. The molecule has 0 radical (unpaired) electrons. The van der Waals surface area contributed by atoms with E-state index < -0.39 is 22.0 Å². The van der Waals surface area contributed by atoms with Crippen molar-refractivity contribution in [2.24, 2.45) is 0 Å². The van der Waals surface area contributed by atoms with Crippen LogP contribution in [0, 0.1) is 6.92 Å². The van der Waals surface area contributed by atoms with Gasteiger partial charge in [-0.05, 0) is 27.7 Å². The number of imidazole rings is 1. The van der Waals surface area contributed by atoms with Crippen LogP contribution in [0.1, 0.15) is 102 Å². The molecule has 6 heteroatoms. The SMILES string of the molecule is CC.CC.Cc1nc(COS(C(C)C)(C(C)C)C(C)C)cn1C(=O)OC(C)(C)C. The van der Waals surface area contributed by atoms with Gasteiger partial charge in [0.1, 0.15) is 18.0 Å². The Morgan fingerprint density at radius 2 is 1.41 bits per heavy atom. The van der Waals surface area contributed by atoms with E-state index in [1.54, 1.807) is 13.1 Å². The van der Waals surface area contributed by atoms with Gasteiger partial charge in [-0.3, -0.25) is 0 Å². The molecule has 0 spiro atoms. The van der Waals surface area contributed by atoms with E-state index in [4.69, 9.17) is 8.92 Å². The van der Waals surface area contributed by atoms with E-state index in [9.17, 15) is 4.79 Å². The summed E-state index contributed by atoms with van der Waals surface area (Å²) in [5.41, 5.74) is 0.235. The number of carbonyl (C=O) groups excluding carboxylic acids is 1. The van der Waals surface area contributed by atoms with Gasteiger partial charge < -0.3 is 8.92 Å². The van der Waals surface area contributed by atoms with Gasteiger partial charge in [0.05, 0.1) is 5.69 Å². The Hall–Kier alpha value is -1.01. The van der Waals surface area contributed by atoms with E-state index in [2.05, 4.69) is 46.5 Å². The average molecular weight is 433 g/mol. The molecule has 0 N–H and O–H groups in total. The van der Waals surface area contributed by atoms with Crippen LogP contribution >= 0.6 is 10.3 Å². The highest BCUT2D eigenvalue weighted by Gasteiger charge is 2.36. The van der Waals surface area contributed by atoms with Crippen molar-refractivity contribution in [3.63, 3.8) is 0 Å². The van der Waals surface area contributed by atoms with E-state index in [1.165, 1.54) is 4.57 Å². The van der Waals surface area contributed by atoms with Crippen LogP contribution < -0.4 is 0 Å². The minimum atomic E-state index is -1.26. The number of hydrogen-bond acceptors (Lipinski definition) is 4. The Morgan fingerprint density at radius 1 is 1.00 bits per heavy atom. The van der Waals surface area contributed by atoms with Gasteiger partial charge in [0.25, 0.3) is 0 Å². The lowest BCUT2D eigenvalue weighted by Crippen LogP contribution is -2.30.